The first kappa shape index (κ1) is 27.6. The molecule has 8 nitrogen and oxygen atoms in total. The molecule has 38 heavy (non-hydrogen) atoms. The third kappa shape index (κ3) is 5.00. The van der Waals surface area contributed by atoms with Crippen molar-refractivity contribution in [1.82, 2.24) is 0 Å². The first-order valence-corrected chi connectivity index (χ1v) is 14.6. The lowest BCUT2D eigenvalue weighted by molar-refractivity contribution is -0.116. The molecule has 4 rings (SSSR count). The number of carbonyl (C=O) groups is 2. The monoisotopic (exact) mass is 590 g/mol. The molecule has 0 atom stereocenters. The summed E-state index contributed by atoms with van der Waals surface area (Å²) >= 11 is 11.8. The Morgan fingerprint density at radius 2 is 0.868 bits per heavy atom. The van der Waals surface area contributed by atoms with Crippen molar-refractivity contribution in [3.8, 4) is 0 Å². The standard InChI is InChI=1S/C26H20Cl2N2O6S2/c1-17(31)29(37(33,34)21-11-7-19(27)8-12-21)25-15-16-26(24-6-4-3-5-23(24)25)30(18(2)32)38(35,36)22-13-9-20(28)10-14-22/h3-16H,1-2H3. The molecule has 0 N–H and O–H groups in total. The lowest BCUT2D eigenvalue weighted by Crippen LogP contribution is -2.36. The summed E-state index contributed by atoms with van der Waals surface area (Å²) in [7, 11) is -8.75. The lowest BCUT2D eigenvalue weighted by Gasteiger charge is -2.26. The molecular weight excluding hydrogens is 571 g/mol. The van der Waals surface area contributed by atoms with Gasteiger partial charge in [0.25, 0.3) is 20.0 Å². The number of anilines is 2. The van der Waals surface area contributed by atoms with Crippen LogP contribution in [0.25, 0.3) is 10.8 Å². The number of halogens is 2. The lowest BCUT2D eigenvalue weighted by atomic mass is 10.1. The summed E-state index contributed by atoms with van der Waals surface area (Å²) < 4.78 is 55.3. The second-order valence-electron chi connectivity index (χ2n) is 8.13. The second kappa shape index (κ2) is 10.4. The number of benzene rings is 4. The van der Waals surface area contributed by atoms with Crippen molar-refractivity contribution >= 4 is 77.2 Å². The Hall–Kier alpha value is -3.44. The Kier molecular flexibility index (Phi) is 7.53. The minimum atomic E-state index is -4.37. The van der Waals surface area contributed by atoms with Crippen LogP contribution in [0.5, 0.6) is 0 Å². The first-order valence-electron chi connectivity index (χ1n) is 11.0. The Labute approximate surface area is 230 Å². The van der Waals surface area contributed by atoms with E-state index >= 15 is 0 Å². The van der Waals surface area contributed by atoms with Gasteiger partial charge in [0.1, 0.15) is 0 Å². The van der Waals surface area contributed by atoms with Crippen molar-refractivity contribution in [1.29, 1.82) is 0 Å². The zero-order valence-corrected chi connectivity index (χ0v) is 23.1. The van der Waals surface area contributed by atoms with Crippen LogP contribution in [0.2, 0.25) is 10.0 Å². The number of hydrogen-bond acceptors (Lipinski definition) is 6. The zero-order chi connectivity index (χ0) is 27.8. The number of fused-ring (bicyclic) bond motifs is 1. The van der Waals surface area contributed by atoms with E-state index in [1.807, 2.05) is 0 Å². The fourth-order valence-corrected chi connectivity index (χ4v) is 7.13. The molecule has 0 saturated heterocycles. The minimum absolute atomic E-state index is 0.0146. The van der Waals surface area contributed by atoms with Crippen molar-refractivity contribution in [2.75, 3.05) is 8.61 Å². The van der Waals surface area contributed by atoms with Crippen molar-refractivity contribution in [3.63, 3.8) is 0 Å². The maximum atomic E-state index is 13.5. The van der Waals surface area contributed by atoms with Gasteiger partial charge in [-0.2, -0.15) is 0 Å². The molecule has 0 aliphatic heterocycles. The molecule has 2 amide bonds. The third-order valence-electron chi connectivity index (χ3n) is 5.59. The van der Waals surface area contributed by atoms with Gasteiger partial charge in [-0.15, -0.1) is 0 Å². The van der Waals surface area contributed by atoms with E-state index in [0.717, 1.165) is 13.8 Å². The summed E-state index contributed by atoms with van der Waals surface area (Å²) in [4.78, 5) is 25.1. The van der Waals surface area contributed by atoms with Gasteiger partial charge in [0.05, 0.1) is 21.2 Å². The smallest absolute Gasteiger partial charge is 0.270 e. The van der Waals surface area contributed by atoms with Gasteiger partial charge in [-0.1, -0.05) is 47.5 Å². The van der Waals surface area contributed by atoms with Crippen LogP contribution >= 0.6 is 23.2 Å². The largest absolute Gasteiger partial charge is 0.274 e. The summed E-state index contributed by atoms with van der Waals surface area (Å²) in [6.45, 7) is 2.20. The molecule has 0 heterocycles. The summed E-state index contributed by atoms with van der Waals surface area (Å²) in [5.41, 5.74) is -0.0293. The maximum absolute atomic E-state index is 13.5. The normalized spacial score (nSPS) is 11.8. The van der Waals surface area contributed by atoms with Crippen LogP contribution in [0, 0.1) is 0 Å². The molecule has 0 fully saturated rings. The van der Waals surface area contributed by atoms with E-state index in [-0.39, 0.29) is 31.9 Å². The number of carbonyl (C=O) groups excluding carboxylic acids is 2. The second-order valence-corrected chi connectivity index (χ2v) is 12.6. The van der Waals surface area contributed by atoms with Crippen LogP contribution in [-0.2, 0) is 29.6 Å². The molecule has 196 valence electrons. The van der Waals surface area contributed by atoms with Crippen molar-refractivity contribution < 1.29 is 26.4 Å². The van der Waals surface area contributed by atoms with Crippen molar-refractivity contribution in [3.05, 3.63) is 95.0 Å². The van der Waals surface area contributed by atoms with Gasteiger partial charge in [-0.25, -0.2) is 25.4 Å². The van der Waals surface area contributed by atoms with Crippen LogP contribution in [0.1, 0.15) is 13.8 Å². The van der Waals surface area contributed by atoms with E-state index in [9.17, 15) is 26.4 Å². The van der Waals surface area contributed by atoms with Gasteiger partial charge >= 0.3 is 0 Å². The summed E-state index contributed by atoms with van der Waals surface area (Å²) in [5.74, 6) is -1.59. The van der Waals surface area contributed by atoms with E-state index in [0.29, 0.717) is 18.7 Å². The molecule has 4 aromatic rings. The quantitative estimate of drug-likeness (QED) is 0.288. The van der Waals surface area contributed by atoms with Crippen LogP contribution in [-0.4, -0.2) is 28.6 Å². The molecule has 0 radical (unpaired) electrons. The number of rotatable bonds is 6. The van der Waals surface area contributed by atoms with Crippen molar-refractivity contribution in [2.24, 2.45) is 0 Å². The summed E-state index contributed by atoms with van der Waals surface area (Å²) in [5, 5.41) is 1.10. The van der Waals surface area contributed by atoms with E-state index in [1.165, 1.54) is 72.8 Å². The molecule has 0 unspecified atom stereocenters. The average Bonchev–Trinajstić information content (AvgIpc) is 2.85. The molecule has 4 aromatic carbocycles. The van der Waals surface area contributed by atoms with E-state index in [4.69, 9.17) is 23.2 Å². The molecule has 0 aliphatic carbocycles. The maximum Gasteiger partial charge on any atom is 0.270 e. The fourth-order valence-electron chi connectivity index (χ4n) is 3.98. The van der Waals surface area contributed by atoms with E-state index in [2.05, 4.69) is 0 Å². The zero-order valence-electron chi connectivity index (χ0n) is 20.0. The van der Waals surface area contributed by atoms with E-state index in [1.54, 1.807) is 12.1 Å². The summed E-state index contributed by atoms with van der Waals surface area (Å²) in [6.07, 6.45) is 0. The topological polar surface area (TPSA) is 109 Å². The number of hydrogen-bond donors (Lipinski definition) is 0. The first-order chi connectivity index (χ1) is 17.9. The molecular formula is C26H20Cl2N2O6S2. The third-order valence-corrected chi connectivity index (χ3v) is 9.70. The fraction of sp³-hybridized carbons (Fsp3) is 0.0769. The van der Waals surface area contributed by atoms with Gasteiger partial charge in [0.2, 0.25) is 11.8 Å². The molecule has 0 aliphatic rings. The average molecular weight is 591 g/mol. The Bertz CT molecular complexity index is 1640. The molecule has 0 spiro atoms. The Morgan fingerprint density at radius 1 is 0.553 bits per heavy atom. The molecule has 0 saturated carbocycles. The number of sulfonamides is 2. The number of nitrogens with zero attached hydrogens (tertiary/aromatic N) is 2. The molecule has 0 bridgehead atoms. The highest BCUT2D eigenvalue weighted by Gasteiger charge is 2.33. The Morgan fingerprint density at radius 3 is 1.16 bits per heavy atom. The van der Waals surface area contributed by atoms with Gasteiger partial charge in [0, 0.05) is 34.7 Å². The highest BCUT2D eigenvalue weighted by atomic mass is 35.5. The SMILES string of the molecule is CC(=O)N(c1ccc(N(C(C)=O)S(=O)(=O)c2ccc(Cl)cc2)c2ccccc12)S(=O)(=O)c1ccc(Cl)cc1. The molecule has 12 heteroatoms. The van der Waals surface area contributed by atoms with Crippen LogP contribution in [0.4, 0.5) is 11.4 Å². The summed E-state index contributed by atoms with van der Waals surface area (Å²) in [6, 6.07) is 19.5. The van der Waals surface area contributed by atoms with Gasteiger partial charge in [-0.3, -0.25) is 9.59 Å². The van der Waals surface area contributed by atoms with Gasteiger partial charge in [-0.05, 0) is 60.7 Å². The highest BCUT2D eigenvalue weighted by molar-refractivity contribution is 7.94. The Balaban J connectivity index is 1.95. The van der Waals surface area contributed by atoms with E-state index < -0.39 is 31.9 Å². The highest BCUT2D eigenvalue weighted by Crippen LogP contribution is 2.38. The van der Waals surface area contributed by atoms with Crippen molar-refractivity contribution in [2.45, 2.75) is 23.6 Å². The number of amides is 2. The molecule has 0 aromatic heterocycles. The van der Waals surface area contributed by atoms with Crippen LogP contribution in [0.15, 0.2) is 94.7 Å². The predicted molar refractivity (Wildman–Crippen MR) is 148 cm³/mol. The van der Waals surface area contributed by atoms with Crippen LogP contribution in [0.3, 0.4) is 0 Å². The predicted octanol–water partition coefficient (Wildman–Crippen LogP) is 5.63. The van der Waals surface area contributed by atoms with Gasteiger partial charge in [0.15, 0.2) is 0 Å². The van der Waals surface area contributed by atoms with Crippen LogP contribution < -0.4 is 8.61 Å². The minimum Gasteiger partial charge on any atom is -0.274 e. The van der Waals surface area contributed by atoms with Gasteiger partial charge < -0.3 is 0 Å².